The molecule has 0 N–H and O–H groups in total. The van der Waals surface area contributed by atoms with Crippen LogP contribution in [0, 0.1) is 5.41 Å². The molecule has 1 atom stereocenters. The Bertz CT molecular complexity index is 842. The second-order valence-corrected chi connectivity index (χ2v) is 8.77. The lowest BCUT2D eigenvalue weighted by Gasteiger charge is -2.27. The van der Waals surface area contributed by atoms with E-state index in [1.165, 1.54) is 0 Å². The fraction of sp³-hybridized carbons (Fsp3) is 0.500. The highest BCUT2D eigenvalue weighted by atomic mass is 16.5. The van der Waals surface area contributed by atoms with Gasteiger partial charge in [-0.05, 0) is 29.7 Å². The first-order chi connectivity index (χ1) is 13.7. The van der Waals surface area contributed by atoms with Crippen LogP contribution in [0.1, 0.15) is 47.5 Å². The topological polar surface area (TPSA) is 67.7 Å². The summed E-state index contributed by atoms with van der Waals surface area (Å²) in [5.41, 5.74) is 1.05. The highest BCUT2D eigenvalue weighted by Crippen LogP contribution is 2.18. The number of aromatic nitrogens is 2. The van der Waals surface area contributed by atoms with Gasteiger partial charge in [0.2, 0.25) is 0 Å². The van der Waals surface area contributed by atoms with Crippen molar-refractivity contribution in [3.8, 4) is 0 Å². The number of amides is 2. The highest BCUT2D eigenvalue weighted by molar-refractivity contribution is 5.99. The zero-order valence-corrected chi connectivity index (χ0v) is 17.7. The lowest BCUT2D eigenvalue weighted by Crippen LogP contribution is -2.37. The van der Waals surface area contributed by atoms with Gasteiger partial charge in [0.25, 0.3) is 11.8 Å². The molecule has 7 nitrogen and oxygen atoms in total. The lowest BCUT2D eigenvalue weighted by atomic mass is 9.96. The van der Waals surface area contributed by atoms with Crippen LogP contribution in [0.4, 0.5) is 0 Å². The molecule has 29 heavy (non-hydrogen) atoms. The van der Waals surface area contributed by atoms with E-state index in [0.717, 1.165) is 0 Å². The summed E-state index contributed by atoms with van der Waals surface area (Å²) in [6.45, 7) is 8.94. The van der Waals surface area contributed by atoms with Gasteiger partial charge in [-0.25, -0.2) is 0 Å². The third kappa shape index (κ3) is 5.44. The number of carbonyl (C=O) groups is 2. The Morgan fingerprint density at radius 3 is 2.69 bits per heavy atom. The minimum atomic E-state index is -0.0965. The van der Waals surface area contributed by atoms with E-state index in [1.54, 1.807) is 47.3 Å². The third-order valence-corrected chi connectivity index (χ3v) is 4.85. The molecule has 1 saturated heterocycles. The van der Waals surface area contributed by atoms with E-state index in [2.05, 4.69) is 25.9 Å². The van der Waals surface area contributed by atoms with Crippen LogP contribution >= 0.6 is 0 Å². The normalized spacial score (nSPS) is 17.7. The Labute approximate surface area is 172 Å². The molecule has 3 rings (SSSR count). The predicted molar refractivity (Wildman–Crippen MR) is 111 cm³/mol. The maximum atomic E-state index is 13.2. The van der Waals surface area contributed by atoms with Gasteiger partial charge in [-0.3, -0.25) is 14.3 Å². The van der Waals surface area contributed by atoms with Gasteiger partial charge in [-0.15, -0.1) is 0 Å². The number of carbonyl (C=O) groups excluding carboxylic acids is 2. The molecule has 0 radical (unpaired) electrons. The van der Waals surface area contributed by atoms with Crippen LogP contribution in [0.2, 0.25) is 0 Å². The Kier molecular flexibility index (Phi) is 6.37. The largest absolute Gasteiger partial charge is 0.377 e. The monoisotopic (exact) mass is 398 g/mol. The van der Waals surface area contributed by atoms with Crippen molar-refractivity contribution in [1.29, 1.82) is 0 Å². The first-order valence-electron chi connectivity index (χ1n) is 9.96. The summed E-state index contributed by atoms with van der Waals surface area (Å²) in [4.78, 5) is 29.4. The predicted octanol–water partition coefficient (Wildman–Crippen LogP) is 2.71. The van der Waals surface area contributed by atoms with Gasteiger partial charge in [0.05, 0.1) is 19.3 Å². The molecule has 0 saturated carbocycles. The number of nitrogens with zero attached hydrogens (tertiary/aromatic N) is 4. The molecule has 2 heterocycles. The summed E-state index contributed by atoms with van der Waals surface area (Å²) >= 11 is 0. The van der Waals surface area contributed by atoms with E-state index < -0.39 is 0 Å². The smallest absolute Gasteiger partial charge is 0.254 e. The second kappa shape index (κ2) is 8.78. The summed E-state index contributed by atoms with van der Waals surface area (Å²) in [5, 5.41) is 4.28. The maximum absolute atomic E-state index is 13.2. The molecular formula is C22H30N4O3. The minimum Gasteiger partial charge on any atom is -0.377 e. The maximum Gasteiger partial charge on any atom is 0.254 e. The number of rotatable bonds is 4. The van der Waals surface area contributed by atoms with Gasteiger partial charge in [-0.1, -0.05) is 26.8 Å². The van der Waals surface area contributed by atoms with Crippen LogP contribution in [0.3, 0.4) is 0 Å². The van der Waals surface area contributed by atoms with Gasteiger partial charge < -0.3 is 14.5 Å². The quantitative estimate of drug-likeness (QED) is 0.794. The lowest BCUT2D eigenvalue weighted by molar-refractivity contribution is 0.0736. The number of hydrogen-bond acceptors (Lipinski definition) is 4. The average Bonchev–Trinajstić information content (AvgIpc) is 3.10. The molecule has 0 bridgehead atoms. The van der Waals surface area contributed by atoms with Gasteiger partial charge in [0, 0.05) is 50.2 Å². The average molecular weight is 399 g/mol. The number of benzene rings is 1. The van der Waals surface area contributed by atoms with Gasteiger partial charge in [-0.2, -0.15) is 5.10 Å². The third-order valence-electron chi connectivity index (χ3n) is 4.85. The molecule has 1 fully saturated rings. The van der Waals surface area contributed by atoms with Crippen LogP contribution in [0.25, 0.3) is 0 Å². The van der Waals surface area contributed by atoms with Gasteiger partial charge in [0.15, 0.2) is 0 Å². The van der Waals surface area contributed by atoms with Crippen molar-refractivity contribution in [3.05, 3.63) is 53.9 Å². The second-order valence-electron chi connectivity index (χ2n) is 8.77. The summed E-state index contributed by atoms with van der Waals surface area (Å²) < 4.78 is 7.50. The van der Waals surface area contributed by atoms with Crippen molar-refractivity contribution >= 4 is 11.8 Å². The molecule has 1 aliphatic heterocycles. The zero-order valence-electron chi connectivity index (χ0n) is 17.7. The fourth-order valence-electron chi connectivity index (χ4n) is 3.61. The van der Waals surface area contributed by atoms with E-state index >= 15 is 0 Å². The molecule has 1 unspecified atom stereocenters. The number of hydrogen-bond donors (Lipinski definition) is 0. The molecule has 0 aliphatic carbocycles. The minimum absolute atomic E-state index is 0.00536. The zero-order chi connectivity index (χ0) is 21.0. The van der Waals surface area contributed by atoms with Crippen LogP contribution in [0.5, 0.6) is 0 Å². The Morgan fingerprint density at radius 1 is 1.24 bits per heavy atom. The summed E-state index contributed by atoms with van der Waals surface area (Å²) in [5.74, 6) is -0.177. The summed E-state index contributed by atoms with van der Waals surface area (Å²) in [6, 6.07) is 8.82. The van der Waals surface area contributed by atoms with Crippen molar-refractivity contribution in [2.24, 2.45) is 5.41 Å². The van der Waals surface area contributed by atoms with E-state index in [0.29, 0.717) is 44.0 Å². The first-order valence-corrected chi connectivity index (χ1v) is 9.96. The van der Waals surface area contributed by atoms with Gasteiger partial charge >= 0.3 is 0 Å². The fourth-order valence-corrected chi connectivity index (χ4v) is 3.61. The molecule has 156 valence electrons. The summed E-state index contributed by atoms with van der Waals surface area (Å²) in [6.07, 6.45) is 3.60. The molecule has 2 aromatic rings. The SMILES string of the molecule is CN(CC(C)(C)C)C(=O)c1cccc(C(=O)N2CCOCC(n3cccn3)C2)c1. The Balaban J connectivity index is 1.75. The summed E-state index contributed by atoms with van der Waals surface area (Å²) in [7, 11) is 1.79. The molecule has 1 aliphatic rings. The van der Waals surface area contributed by atoms with Gasteiger partial charge in [0.1, 0.15) is 0 Å². The molecule has 1 aromatic heterocycles. The van der Waals surface area contributed by atoms with Crippen molar-refractivity contribution < 1.29 is 14.3 Å². The van der Waals surface area contributed by atoms with Crippen LogP contribution in [-0.2, 0) is 4.74 Å². The van der Waals surface area contributed by atoms with Crippen LogP contribution in [-0.4, -0.2) is 71.3 Å². The van der Waals surface area contributed by atoms with E-state index in [1.807, 2.05) is 16.9 Å². The molecule has 7 heteroatoms. The Morgan fingerprint density at radius 2 is 2.00 bits per heavy atom. The van der Waals surface area contributed by atoms with Crippen molar-refractivity contribution in [2.45, 2.75) is 26.8 Å². The molecule has 0 spiro atoms. The standard InChI is InChI=1S/C22H30N4O3/c1-22(2,3)16-24(4)20(27)17-7-5-8-18(13-17)21(28)25-11-12-29-15-19(14-25)26-10-6-9-23-26/h5-10,13,19H,11-12,14-16H2,1-4H3. The first kappa shape index (κ1) is 21.0. The molecule has 1 aromatic carbocycles. The highest BCUT2D eigenvalue weighted by Gasteiger charge is 2.26. The number of ether oxygens (including phenoxy) is 1. The Hall–Kier alpha value is -2.67. The van der Waals surface area contributed by atoms with E-state index in [-0.39, 0.29) is 23.3 Å². The van der Waals surface area contributed by atoms with E-state index in [9.17, 15) is 9.59 Å². The van der Waals surface area contributed by atoms with Crippen molar-refractivity contribution in [3.63, 3.8) is 0 Å². The van der Waals surface area contributed by atoms with Crippen molar-refractivity contribution in [1.82, 2.24) is 19.6 Å². The van der Waals surface area contributed by atoms with Crippen LogP contribution in [0.15, 0.2) is 42.7 Å². The molecule has 2 amide bonds. The van der Waals surface area contributed by atoms with Crippen molar-refractivity contribution in [2.75, 3.05) is 39.9 Å². The van der Waals surface area contributed by atoms with Crippen LogP contribution < -0.4 is 0 Å². The molecular weight excluding hydrogens is 368 g/mol. The van der Waals surface area contributed by atoms with E-state index in [4.69, 9.17) is 4.74 Å².